The number of fused-ring (bicyclic) bond motifs is 1. The van der Waals surface area contributed by atoms with Gasteiger partial charge in [0.05, 0.1) is 11.2 Å². The average Bonchev–Trinajstić information content (AvgIpc) is 3.11. The van der Waals surface area contributed by atoms with Crippen LogP contribution in [0.2, 0.25) is 0 Å². The molecule has 0 unspecified atom stereocenters. The van der Waals surface area contributed by atoms with Gasteiger partial charge >= 0.3 is 0 Å². The fourth-order valence-corrected chi connectivity index (χ4v) is 2.97. The molecule has 0 amide bonds. The quantitative estimate of drug-likeness (QED) is 0.533. The van der Waals surface area contributed by atoms with Crippen LogP contribution in [0.1, 0.15) is 11.1 Å². The van der Waals surface area contributed by atoms with Crippen molar-refractivity contribution in [1.29, 1.82) is 0 Å². The van der Waals surface area contributed by atoms with E-state index in [1.807, 2.05) is 28.9 Å². The fourth-order valence-electron chi connectivity index (χ4n) is 2.97. The van der Waals surface area contributed by atoms with Crippen molar-refractivity contribution in [3.63, 3.8) is 0 Å². The van der Waals surface area contributed by atoms with Crippen molar-refractivity contribution < 1.29 is 0 Å². The first-order valence-electron chi connectivity index (χ1n) is 8.67. The Labute approximate surface area is 147 Å². The SMILES string of the molecule is c1ccc(CNCCc2ccc(-n3cc4ccccc4n3)cc2)cc1. The zero-order valence-corrected chi connectivity index (χ0v) is 14.1. The first-order valence-corrected chi connectivity index (χ1v) is 8.67. The van der Waals surface area contributed by atoms with Gasteiger partial charge in [0.25, 0.3) is 0 Å². The molecule has 4 aromatic rings. The molecule has 124 valence electrons. The van der Waals surface area contributed by atoms with E-state index in [0.29, 0.717) is 0 Å². The lowest BCUT2D eigenvalue weighted by Crippen LogP contribution is -2.16. The van der Waals surface area contributed by atoms with E-state index in [-0.39, 0.29) is 0 Å². The number of hydrogen-bond donors (Lipinski definition) is 1. The summed E-state index contributed by atoms with van der Waals surface area (Å²) in [6.45, 7) is 1.89. The molecule has 25 heavy (non-hydrogen) atoms. The lowest BCUT2D eigenvalue weighted by molar-refractivity contribution is 0.687. The summed E-state index contributed by atoms with van der Waals surface area (Å²) in [5.41, 5.74) is 4.78. The molecule has 3 aromatic carbocycles. The van der Waals surface area contributed by atoms with Crippen molar-refractivity contribution in [2.75, 3.05) is 6.54 Å². The van der Waals surface area contributed by atoms with E-state index in [0.717, 1.165) is 36.1 Å². The van der Waals surface area contributed by atoms with Gasteiger partial charge in [-0.2, -0.15) is 5.10 Å². The molecule has 0 saturated heterocycles. The maximum atomic E-state index is 4.63. The predicted octanol–water partition coefficient (Wildman–Crippen LogP) is 4.36. The highest BCUT2D eigenvalue weighted by atomic mass is 15.3. The van der Waals surface area contributed by atoms with Crippen LogP contribution in [0.25, 0.3) is 16.6 Å². The summed E-state index contributed by atoms with van der Waals surface area (Å²) in [5.74, 6) is 0. The second kappa shape index (κ2) is 7.32. The van der Waals surface area contributed by atoms with Gasteiger partial charge in [-0.05, 0) is 42.3 Å². The van der Waals surface area contributed by atoms with E-state index >= 15 is 0 Å². The summed E-state index contributed by atoms with van der Waals surface area (Å²) in [5, 5.41) is 9.29. The van der Waals surface area contributed by atoms with Crippen LogP contribution in [0.15, 0.2) is 85.1 Å². The number of benzene rings is 3. The van der Waals surface area contributed by atoms with E-state index in [1.165, 1.54) is 11.1 Å². The average molecular weight is 327 g/mol. The Hall–Kier alpha value is -2.91. The monoisotopic (exact) mass is 327 g/mol. The Kier molecular flexibility index (Phi) is 4.57. The Bertz CT molecular complexity index is 907. The summed E-state index contributed by atoms with van der Waals surface area (Å²) < 4.78 is 1.95. The lowest BCUT2D eigenvalue weighted by atomic mass is 10.1. The van der Waals surface area contributed by atoms with Crippen molar-refractivity contribution in [1.82, 2.24) is 15.1 Å². The van der Waals surface area contributed by atoms with Crippen molar-refractivity contribution in [3.8, 4) is 5.69 Å². The van der Waals surface area contributed by atoms with Gasteiger partial charge in [-0.3, -0.25) is 0 Å². The van der Waals surface area contributed by atoms with Gasteiger partial charge in [-0.25, -0.2) is 4.68 Å². The first kappa shape index (κ1) is 15.6. The predicted molar refractivity (Wildman–Crippen MR) is 103 cm³/mol. The topological polar surface area (TPSA) is 29.9 Å². The van der Waals surface area contributed by atoms with Gasteiger partial charge in [0.1, 0.15) is 0 Å². The van der Waals surface area contributed by atoms with Gasteiger partial charge in [0.15, 0.2) is 0 Å². The molecule has 0 fully saturated rings. The Morgan fingerprint density at radius 2 is 1.52 bits per heavy atom. The Morgan fingerprint density at radius 1 is 0.760 bits per heavy atom. The highest BCUT2D eigenvalue weighted by Crippen LogP contribution is 2.16. The van der Waals surface area contributed by atoms with Crippen molar-refractivity contribution in [2.45, 2.75) is 13.0 Å². The van der Waals surface area contributed by atoms with E-state index in [1.54, 1.807) is 0 Å². The Balaban J connectivity index is 1.35. The van der Waals surface area contributed by atoms with Crippen LogP contribution in [0.4, 0.5) is 0 Å². The molecular weight excluding hydrogens is 306 g/mol. The summed E-state index contributed by atoms with van der Waals surface area (Å²) in [6.07, 6.45) is 3.10. The highest BCUT2D eigenvalue weighted by Gasteiger charge is 2.02. The zero-order chi connectivity index (χ0) is 16.9. The first-order chi connectivity index (χ1) is 12.4. The van der Waals surface area contributed by atoms with Gasteiger partial charge in [0.2, 0.25) is 0 Å². The molecule has 3 heteroatoms. The Morgan fingerprint density at radius 3 is 2.32 bits per heavy atom. The normalized spacial score (nSPS) is 11.0. The molecule has 3 nitrogen and oxygen atoms in total. The fraction of sp³-hybridized carbons (Fsp3) is 0.136. The third-order valence-corrected chi connectivity index (χ3v) is 4.38. The molecule has 0 radical (unpaired) electrons. The molecule has 1 N–H and O–H groups in total. The summed E-state index contributed by atoms with van der Waals surface area (Å²) in [6, 6.07) is 27.3. The number of aromatic nitrogens is 2. The molecule has 0 aliphatic rings. The smallest absolute Gasteiger partial charge is 0.0927 e. The number of hydrogen-bond acceptors (Lipinski definition) is 2. The number of nitrogens with one attached hydrogen (secondary N) is 1. The number of rotatable bonds is 6. The second-order valence-electron chi connectivity index (χ2n) is 6.21. The van der Waals surface area contributed by atoms with Gasteiger partial charge in [-0.1, -0.05) is 60.7 Å². The molecule has 0 spiro atoms. The van der Waals surface area contributed by atoms with E-state index in [2.05, 4.69) is 71.2 Å². The van der Waals surface area contributed by atoms with E-state index in [9.17, 15) is 0 Å². The summed E-state index contributed by atoms with van der Waals surface area (Å²) >= 11 is 0. The minimum atomic E-state index is 0.915. The molecule has 1 aromatic heterocycles. The van der Waals surface area contributed by atoms with Crippen LogP contribution in [0.5, 0.6) is 0 Å². The minimum Gasteiger partial charge on any atom is -0.312 e. The third-order valence-electron chi connectivity index (χ3n) is 4.38. The van der Waals surface area contributed by atoms with Gasteiger partial charge in [0, 0.05) is 18.1 Å². The van der Waals surface area contributed by atoms with Crippen LogP contribution in [-0.2, 0) is 13.0 Å². The highest BCUT2D eigenvalue weighted by molar-refractivity contribution is 5.78. The zero-order valence-electron chi connectivity index (χ0n) is 14.1. The maximum absolute atomic E-state index is 4.63. The maximum Gasteiger partial charge on any atom is 0.0927 e. The summed E-state index contributed by atoms with van der Waals surface area (Å²) in [7, 11) is 0. The van der Waals surface area contributed by atoms with Gasteiger partial charge in [-0.15, -0.1) is 0 Å². The van der Waals surface area contributed by atoms with Crippen molar-refractivity contribution in [3.05, 3.63) is 96.2 Å². The van der Waals surface area contributed by atoms with Crippen molar-refractivity contribution >= 4 is 10.9 Å². The van der Waals surface area contributed by atoms with E-state index in [4.69, 9.17) is 0 Å². The van der Waals surface area contributed by atoms with Crippen LogP contribution >= 0.6 is 0 Å². The molecule has 0 bridgehead atoms. The minimum absolute atomic E-state index is 0.915. The van der Waals surface area contributed by atoms with Gasteiger partial charge < -0.3 is 5.32 Å². The molecule has 0 atom stereocenters. The van der Waals surface area contributed by atoms with Crippen LogP contribution in [-0.4, -0.2) is 16.3 Å². The lowest BCUT2D eigenvalue weighted by Gasteiger charge is -2.06. The molecule has 0 saturated carbocycles. The van der Waals surface area contributed by atoms with E-state index < -0.39 is 0 Å². The third kappa shape index (κ3) is 3.78. The largest absolute Gasteiger partial charge is 0.312 e. The molecule has 4 rings (SSSR count). The standard InChI is InChI=1S/C22H21N3/c1-2-6-19(7-3-1)16-23-15-14-18-10-12-21(13-11-18)25-17-20-8-4-5-9-22(20)24-25/h1-13,17,23H,14-16H2. The van der Waals surface area contributed by atoms with Crippen LogP contribution < -0.4 is 5.32 Å². The van der Waals surface area contributed by atoms with Crippen LogP contribution in [0, 0.1) is 0 Å². The molecule has 1 heterocycles. The second-order valence-corrected chi connectivity index (χ2v) is 6.21. The van der Waals surface area contributed by atoms with Crippen molar-refractivity contribution in [2.24, 2.45) is 0 Å². The summed E-state index contributed by atoms with van der Waals surface area (Å²) in [4.78, 5) is 0. The molecule has 0 aliphatic carbocycles. The molecule has 0 aliphatic heterocycles. The molecular formula is C22H21N3. The van der Waals surface area contributed by atoms with Crippen LogP contribution in [0.3, 0.4) is 0 Å². The number of nitrogens with zero attached hydrogens (tertiary/aromatic N) is 2.